The molecule has 2 aromatic carbocycles. The quantitative estimate of drug-likeness (QED) is 0.847. The number of rotatable bonds is 3. The highest BCUT2D eigenvalue weighted by molar-refractivity contribution is 5.35. The van der Waals surface area contributed by atoms with Crippen LogP contribution >= 0.6 is 0 Å². The van der Waals surface area contributed by atoms with Crippen LogP contribution in [0.5, 0.6) is 11.5 Å². The minimum absolute atomic E-state index is 0.300. The minimum Gasteiger partial charge on any atom is -0.508 e. The zero-order chi connectivity index (χ0) is 12.3. The highest BCUT2D eigenvalue weighted by Gasteiger charge is 1.99. The molecule has 0 aromatic heterocycles. The molecule has 2 nitrogen and oxygen atoms in total. The molecule has 17 heavy (non-hydrogen) atoms. The molecule has 0 spiro atoms. The molecular formula is C15H16O2. The highest BCUT2D eigenvalue weighted by Crippen LogP contribution is 2.18. The monoisotopic (exact) mass is 228 g/mol. The van der Waals surface area contributed by atoms with E-state index in [2.05, 4.69) is 0 Å². The van der Waals surface area contributed by atoms with Gasteiger partial charge in [-0.25, -0.2) is 0 Å². The third-order valence-electron chi connectivity index (χ3n) is 2.90. The van der Waals surface area contributed by atoms with Crippen LogP contribution < -0.4 is 0 Å². The lowest BCUT2D eigenvalue weighted by molar-refractivity contribution is 0.470. The average Bonchev–Trinajstić information content (AvgIpc) is 2.33. The summed E-state index contributed by atoms with van der Waals surface area (Å²) in [6.45, 7) is 1.90. The molecule has 0 heterocycles. The van der Waals surface area contributed by atoms with Gasteiger partial charge in [-0.3, -0.25) is 0 Å². The average molecular weight is 228 g/mol. The number of hydrogen-bond acceptors (Lipinski definition) is 2. The number of phenolic OH excluding ortho intramolecular Hbond substituents is 2. The predicted molar refractivity (Wildman–Crippen MR) is 68.4 cm³/mol. The number of hydrogen-bond donors (Lipinski definition) is 2. The van der Waals surface area contributed by atoms with E-state index in [1.54, 1.807) is 18.2 Å². The van der Waals surface area contributed by atoms with Crippen molar-refractivity contribution in [2.45, 2.75) is 19.8 Å². The topological polar surface area (TPSA) is 40.5 Å². The van der Waals surface area contributed by atoms with E-state index < -0.39 is 0 Å². The molecule has 0 fully saturated rings. The lowest BCUT2D eigenvalue weighted by Crippen LogP contribution is -1.91. The van der Waals surface area contributed by atoms with Gasteiger partial charge in [0.15, 0.2) is 0 Å². The summed E-state index contributed by atoms with van der Waals surface area (Å²) >= 11 is 0. The van der Waals surface area contributed by atoms with Crippen molar-refractivity contribution in [3.8, 4) is 11.5 Å². The van der Waals surface area contributed by atoms with Crippen LogP contribution in [0.15, 0.2) is 42.5 Å². The molecule has 88 valence electrons. The molecule has 0 bridgehead atoms. The molecule has 2 aromatic rings. The van der Waals surface area contributed by atoms with Crippen molar-refractivity contribution in [1.29, 1.82) is 0 Å². The molecule has 0 aliphatic rings. The molecule has 2 N–H and O–H groups in total. The first-order chi connectivity index (χ1) is 8.15. The second kappa shape index (κ2) is 4.91. The van der Waals surface area contributed by atoms with Crippen molar-refractivity contribution in [2.24, 2.45) is 0 Å². The Hall–Kier alpha value is -1.96. The number of aromatic hydroxyl groups is 2. The summed E-state index contributed by atoms with van der Waals surface area (Å²) in [5.74, 6) is 0.646. The molecule has 0 saturated carbocycles. The largest absolute Gasteiger partial charge is 0.508 e. The van der Waals surface area contributed by atoms with E-state index in [1.807, 2.05) is 31.2 Å². The first kappa shape index (κ1) is 11.5. The first-order valence-electron chi connectivity index (χ1n) is 5.71. The Morgan fingerprint density at radius 1 is 0.824 bits per heavy atom. The van der Waals surface area contributed by atoms with Gasteiger partial charge in [-0.1, -0.05) is 24.3 Å². The highest BCUT2D eigenvalue weighted by atomic mass is 16.3. The van der Waals surface area contributed by atoms with Gasteiger partial charge >= 0.3 is 0 Å². The van der Waals surface area contributed by atoms with Crippen LogP contribution in [-0.4, -0.2) is 10.2 Å². The van der Waals surface area contributed by atoms with E-state index in [0.29, 0.717) is 11.5 Å². The Morgan fingerprint density at radius 2 is 1.41 bits per heavy atom. The van der Waals surface area contributed by atoms with Crippen LogP contribution in [0.1, 0.15) is 16.7 Å². The fourth-order valence-electron chi connectivity index (χ4n) is 1.82. The molecule has 0 aliphatic heterocycles. The van der Waals surface area contributed by atoms with Gasteiger partial charge in [-0.2, -0.15) is 0 Å². The zero-order valence-electron chi connectivity index (χ0n) is 9.85. The maximum atomic E-state index is 9.43. The van der Waals surface area contributed by atoms with Crippen LogP contribution in [0, 0.1) is 6.92 Å². The summed E-state index contributed by atoms with van der Waals surface area (Å²) in [4.78, 5) is 0. The van der Waals surface area contributed by atoms with Crippen LogP contribution in [0.3, 0.4) is 0 Å². The summed E-state index contributed by atoms with van der Waals surface area (Å²) in [7, 11) is 0. The van der Waals surface area contributed by atoms with Crippen LogP contribution in [0.25, 0.3) is 0 Å². The summed E-state index contributed by atoms with van der Waals surface area (Å²) in [6, 6.07) is 13.0. The lowest BCUT2D eigenvalue weighted by atomic mass is 10.0. The van der Waals surface area contributed by atoms with Crippen molar-refractivity contribution < 1.29 is 10.2 Å². The van der Waals surface area contributed by atoms with E-state index in [4.69, 9.17) is 0 Å². The van der Waals surface area contributed by atoms with E-state index in [0.717, 1.165) is 18.4 Å². The normalized spacial score (nSPS) is 10.4. The third kappa shape index (κ3) is 3.00. The molecule has 0 unspecified atom stereocenters. The van der Waals surface area contributed by atoms with Crippen LogP contribution in [0.2, 0.25) is 0 Å². The molecule has 0 atom stereocenters. The summed E-state index contributed by atoms with van der Waals surface area (Å²) in [5.41, 5.74) is 3.33. The van der Waals surface area contributed by atoms with E-state index >= 15 is 0 Å². The van der Waals surface area contributed by atoms with E-state index in [1.165, 1.54) is 11.1 Å². The van der Waals surface area contributed by atoms with Gasteiger partial charge in [0.2, 0.25) is 0 Å². The second-order valence-corrected chi connectivity index (χ2v) is 4.29. The van der Waals surface area contributed by atoms with Crippen molar-refractivity contribution in [1.82, 2.24) is 0 Å². The Morgan fingerprint density at radius 3 is 2.06 bits per heavy atom. The molecule has 0 saturated heterocycles. The number of phenols is 2. The Bertz CT molecular complexity index is 501. The van der Waals surface area contributed by atoms with Crippen LogP contribution in [0.4, 0.5) is 0 Å². The fourth-order valence-corrected chi connectivity index (χ4v) is 1.82. The predicted octanol–water partition coefficient (Wildman–Crippen LogP) is 3.19. The van der Waals surface area contributed by atoms with Crippen molar-refractivity contribution >= 4 is 0 Å². The van der Waals surface area contributed by atoms with E-state index in [9.17, 15) is 10.2 Å². The molecular weight excluding hydrogens is 212 g/mol. The van der Waals surface area contributed by atoms with Crippen molar-refractivity contribution in [3.05, 3.63) is 59.2 Å². The lowest BCUT2D eigenvalue weighted by Gasteiger charge is -2.05. The van der Waals surface area contributed by atoms with Gasteiger partial charge in [-0.15, -0.1) is 0 Å². The molecule has 0 radical (unpaired) electrons. The summed E-state index contributed by atoms with van der Waals surface area (Å²) < 4.78 is 0. The van der Waals surface area contributed by atoms with Gasteiger partial charge < -0.3 is 10.2 Å². The molecule has 2 heteroatoms. The molecule has 0 aliphatic carbocycles. The van der Waals surface area contributed by atoms with Gasteiger partial charge in [0, 0.05) is 0 Å². The van der Waals surface area contributed by atoms with Gasteiger partial charge in [-0.05, 0) is 54.7 Å². The van der Waals surface area contributed by atoms with Crippen LogP contribution in [-0.2, 0) is 12.8 Å². The van der Waals surface area contributed by atoms with E-state index in [-0.39, 0.29) is 0 Å². The summed E-state index contributed by atoms with van der Waals surface area (Å²) in [6.07, 6.45) is 1.87. The number of benzene rings is 2. The van der Waals surface area contributed by atoms with Gasteiger partial charge in [0.1, 0.15) is 11.5 Å². The van der Waals surface area contributed by atoms with Crippen molar-refractivity contribution in [2.75, 3.05) is 0 Å². The second-order valence-electron chi connectivity index (χ2n) is 4.29. The third-order valence-corrected chi connectivity index (χ3v) is 2.90. The smallest absolute Gasteiger partial charge is 0.118 e. The number of aryl methyl sites for hydroxylation is 3. The van der Waals surface area contributed by atoms with Crippen molar-refractivity contribution in [3.63, 3.8) is 0 Å². The SMILES string of the molecule is Cc1cc(CCc2ccc(O)cc2)ccc1O. The standard InChI is InChI=1S/C15H16O2/c1-11-10-13(6-9-15(11)17)3-2-12-4-7-14(16)8-5-12/h4-10,16-17H,2-3H2,1H3. The first-order valence-corrected chi connectivity index (χ1v) is 5.71. The minimum atomic E-state index is 0.300. The molecule has 0 amide bonds. The Labute approximate surface area is 101 Å². The molecule has 2 rings (SSSR count). The fraction of sp³-hybridized carbons (Fsp3) is 0.200. The Kier molecular flexibility index (Phi) is 3.33. The maximum absolute atomic E-state index is 9.43. The zero-order valence-corrected chi connectivity index (χ0v) is 9.85. The Balaban J connectivity index is 2.02. The summed E-state index contributed by atoms with van der Waals surface area (Å²) in [5, 5.41) is 18.6. The maximum Gasteiger partial charge on any atom is 0.118 e. The van der Waals surface area contributed by atoms with Gasteiger partial charge in [0.05, 0.1) is 0 Å². The van der Waals surface area contributed by atoms with Gasteiger partial charge in [0.25, 0.3) is 0 Å².